The van der Waals surface area contributed by atoms with E-state index in [1.807, 2.05) is 24.3 Å². The van der Waals surface area contributed by atoms with Crippen LogP contribution >= 0.6 is 11.3 Å². The first-order valence-electron chi connectivity index (χ1n) is 9.69. The molecule has 4 rings (SSSR count). The summed E-state index contributed by atoms with van der Waals surface area (Å²) in [5.41, 5.74) is 2.59. The van der Waals surface area contributed by atoms with Gasteiger partial charge >= 0.3 is 6.03 Å². The van der Waals surface area contributed by atoms with Crippen molar-refractivity contribution in [1.29, 1.82) is 0 Å². The molecule has 29 heavy (non-hydrogen) atoms. The zero-order valence-corrected chi connectivity index (χ0v) is 17.6. The second-order valence-corrected chi connectivity index (χ2v) is 9.11. The molecule has 2 amide bonds. The second kappa shape index (κ2) is 7.83. The Morgan fingerprint density at radius 3 is 2.72 bits per heavy atom. The van der Waals surface area contributed by atoms with Gasteiger partial charge in [0, 0.05) is 16.6 Å². The predicted octanol–water partition coefficient (Wildman–Crippen LogP) is 5.76. The molecule has 2 heterocycles. The molecule has 0 fully saturated rings. The van der Waals surface area contributed by atoms with Crippen molar-refractivity contribution in [2.24, 2.45) is 0 Å². The highest BCUT2D eigenvalue weighted by molar-refractivity contribution is 7.15. The second-order valence-electron chi connectivity index (χ2n) is 8.03. The van der Waals surface area contributed by atoms with Crippen LogP contribution in [0.3, 0.4) is 0 Å². The van der Waals surface area contributed by atoms with Gasteiger partial charge in [0.25, 0.3) is 0 Å². The number of ether oxygens (including phenoxy) is 1. The van der Waals surface area contributed by atoms with Crippen LogP contribution in [-0.2, 0) is 18.3 Å². The Balaban J connectivity index is 1.51. The Morgan fingerprint density at radius 1 is 1.10 bits per heavy atom. The summed E-state index contributed by atoms with van der Waals surface area (Å²) in [7, 11) is 0. The van der Waals surface area contributed by atoms with Gasteiger partial charge in [0.05, 0.1) is 5.69 Å². The SMILES string of the molecule is CC(C)(C)c1ccccc1Oc1ncccc1NC(=O)Nc1nc2c(s1)CCC2. The molecule has 0 saturated heterocycles. The highest BCUT2D eigenvalue weighted by atomic mass is 32.1. The molecule has 0 unspecified atom stereocenters. The maximum atomic E-state index is 12.5. The largest absolute Gasteiger partial charge is 0.437 e. The van der Waals surface area contributed by atoms with E-state index in [9.17, 15) is 4.79 Å². The first kappa shape index (κ1) is 19.4. The summed E-state index contributed by atoms with van der Waals surface area (Å²) < 4.78 is 6.10. The Bertz CT molecular complexity index is 1020. The number of thiazole rings is 1. The van der Waals surface area contributed by atoms with Gasteiger partial charge in [-0.25, -0.2) is 14.8 Å². The minimum atomic E-state index is -0.362. The Morgan fingerprint density at radius 2 is 1.93 bits per heavy atom. The molecule has 2 aromatic heterocycles. The quantitative estimate of drug-likeness (QED) is 0.575. The minimum absolute atomic E-state index is 0.0818. The van der Waals surface area contributed by atoms with E-state index in [2.05, 4.69) is 41.4 Å². The lowest BCUT2D eigenvalue weighted by Gasteiger charge is -2.22. The summed E-state index contributed by atoms with van der Waals surface area (Å²) in [6.07, 6.45) is 4.82. The van der Waals surface area contributed by atoms with Crippen LogP contribution in [0.15, 0.2) is 42.6 Å². The van der Waals surface area contributed by atoms with E-state index in [-0.39, 0.29) is 11.4 Å². The van der Waals surface area contributed by atoms with Gasteiger partial charge in [-0.2, -0.15) is 0 Å². The molecule has 150 valence electrons. The fourth-order valence-electron chi connectivity index (χ4n) is 3.34. The van der Waals surface area contributed by atoms with Crippen LogP contribution in [0.1, 0.15) is 43.3 Å². The van der Waals surface area contributed by atoms with Crippen molar-refractivity contribution in [2.45, 2.75) is 45.4 Å². The number of pyridine rings is 1. The van der Waals surface area contributed by atoms with Crippen LogP contribution in [0.5, 0.6) is 11.6 Å². The number of urea groups is 1. The smallest absolute Gasteiger partial charge is 0.325 e. The molecule has 2 N–H and O–H groups in total. The molecule has 1 aliphatic rings. The van der Waals surface area contributed by atoms with Gasteiger partial charge in [-0.05, 0) is 42.9 Å². The third-order valence-electron chi connectivity index (χ3n) is 4.74. The van der Waals surface area contributed by atoms with Crippen LogP contribution in [0, 0.1) is 0 Å². The summed E-state index contributed by atoms with van der Waals surface area (Å²) in [6, 6.07) is 11.0. The number of carbonyl (C=O) groups is 1. The highest BCUT2D eigenvalue weighted by Crippen LogP contribution is 2.35. The van der Waals surface area contributed by atoms with Crippen molar-refractivity contribution in [3.63, 3.8) is 0 Å². The number of rotatable bonds is 4. The van der Waals surface area contributed by atoms with Crippen LogP contribution in [-0.4, -0.2) is 16.0 Å². The molecule has 6 nitrogen and oxygen atoms in total. The van der Waals surface area contributed by atoms with E-state index in [4.69, 9.17) is 4.74 Å². The number of hydrogen-bond acceptors (Lipinski definition) is 5. The molecular weight excluding hydrogens is 384 g/mol. The average Bonchev–Trinajstić information content (AvgIpc) is 3.24. The number of anilines is 2. The van der Waals surface area contributed by atoms with Crippen molar-refractivity contribution in [3.8, 4) is 11.6 Å². The van der Waals surface area contributed by atoms with Crippen molar-refractivity contribution in [2.75, 3.05) is 10.6 Å². The van der Waals surface area contributed by atoms with Gasteiger partial charge in [0.2, 0.25) is 5.88 Å². The van der Waals surface area contributed by atoms with E-state index in [1.165, 1.54) is 4.88 Å². The van der Waals surface area contributed by atoms with Gasteiger partial charge in [-0.1, -0.05) is 39.0 Å². The number of nitrogens with one attached hydrogen (secondary N) is 2. The van der Waals surface area contributed by atoms with E-state index in [1.54, 1.807) is 29.7 Å². The zero-order chi connectivity index (χ0) is 20.4. The monoisotopic (exact) mass is 408 g/mol. The normalized spacial score (nSPS) is 13.1. The maximum absolute atomic E-state index is 12.5. The average molecular weight is 409 g/mol. The highest BCUT2D eigenvalue weighted by Gasteiger charge is 2.21. The molecule has 1 aliphatic carbocycles. The summed E-state index contributed by atoms with van der Waals surface area (Å²) in [5.74, 6) is 1.07. The molecule has 0 bridgehead atoms. The molecule has 0 saturated carbocycles. The summed E-state index contributed by atoms with van der Waals surface area (Å²) >= 11 is 1.54. The van der Waals surface area contributed by atoms with Gasteiger partial charge in [-0.15, -0.1) is 11.3 Å². The minimum Gasteiger partial charge on any atom is -0.437 e. The Labute approximate surface area is 174 Å². The number of benzene rings is 1. The molecule has 3 aromatic rings. The number of hydrogen-bond donors (Lipinski definition) is 2. The topological polar surface area (TPSA) is 76.1 Å². The standard InChI is InChI=1S/C22H24N4O2S/c1-22(2,3)14-8-4-5-11-17(14)28-19-16(10-7-13-23-19)24-20(27)26-21-25-15-9-6-12-18(15)29-21/h4-5,7-8,10-11,13H,6,9,12H2,1-3H3,(H2,24,25,26,27). The summed E-state index contributed by atoms with van der Waals surface area (Å²) in [4.78, 5) is 22.6. The van der Waals surface area contributed by atoms with Gasteiger partial charge < -0.3 is 10.1 Å². The van der Waals surface area contributed by atoms with Gasteiger partial charge in [0.1, 0.15) is 11.4 Å². The molecule has 7 heteroatoms. The number of para-hydroxylation sites is 1. The van der Waals surface area contributed by atoms with E-state index < -0.39 is 0 Å². The van der Waals surface area contributed by atoms with Gasteiger partial charge in [0.15, 0.2) is 5.13 Å². The maximum Gasteiger partial charge on any atom is 0.325 e. The number of amides is 2. The third kappa shape index (κ3) is 4.40. The fourth-order valence-corrected chi connectivity index (χ4v) is 4.39. The molecule has 0 radical (unpaired) electrons. The van der Waals surface area contributed by atoms with Crippen molar-refractivity contribution >= 4 is 28.2 Å². The number of fused-ring (bicyclic) bond motifs is 1. The Hall–Kier alpha value is -2.93. The predicted molar refractivity (Wildman–Crippen MR) is 116 cm³/mol. The van der Waals surface area contributed by atoms with Crippen LogP contribution in [0.4, 0.5) is 15.6 Å². The molecule has 0 aliphatic heterocycles. The number of aryl methyl sites for hydroxylation is 2. The number of carbonyl (C=O) groups excluding carboxylic acids is 1. The summed E-state index contributed by atoms with van der Waals surface area (Å²) in [6.45, 7) is 6.39. The third-order valence-corrected chi connectivity index (χ3v) is 5.81. The van der Waals surface area contributed by atoms with Gasteiger partial charge in [-0.3, -0.25) is 5.32 Å². The summed E-state index contributed by atoms with van der Waals surface area (Å²) in [5, 5.41) is 6.27. The molecule has 1 aromatic carbocycles. The van der Waals surface area contributed by atoms with Crippen LogP contribution in [0.25, 0.3) is 0 Å². The van der Waals surface area contributed by atoms with Crippen molar-refractivity contribution in [1.82, 2.24) is 9.97 Å². The lowest BCUT2D eigenvalue weighted by Crippen LogP contribution is -2.20. The van der Waals surface area contributed by atoms with Crippen molar-refractivity contribution in [3.05, 3.63) is 58.7 Å². The van der Waals surface area contributed by atoms with Crippen LogP contribution in [0.2, 0.25) is 0 Å². The first-order valence-corrected chi connectivity index (χ1v) is 10.5. The first-order chi connectivity index (χ1) is 13.9. The zero-order valence-electron chi connectivity index (χ0n) is 16.8. The lowest BCUT2D eigenvalue weighted by atomic mass is 9.86. The fraction of sp³-hybridized carbons (Fsp3) is 0.318. The number of aromatic nitrogens is 2. The number of nitrogens with zero attached hydrogens (tertiary/aromatic N) is 2. The van der Waals surface area contributed by atoms with E-state index in [0.717, 1.165) is 36.3 Å². The Kier molecular flexibility index (Phi) is 5.24. The molecular formula is C22H24N4O2S. The van der Waals surface area contributed by atoms with Crippen molar-refractivity contribution < 1.29 is 9.53 Å². The molecule has 0 spiro atoms. The lowest BCUT2D eigenvalue weighted by molar-refractivity contribution is 0.262. The van der Waals surface area contributed by atoms with E-state index >= 15 is 0 Å². The van der Waals surface area contributed by atoms with Crippen LogP contribution < -0.4 is 15.4 Å². The van der Waals surface area contributed by atoms with E-state index in [0.29, 0.717) is 16.7 Å². The molecule has 0 atom stereocenters.